The Kier molecular flexibility index (Phi) is 2.64. The maximum absolute atomic E-state index is 11.5. The molecule has 1 unspecified atom stereocenters. The molecule has 0 bridgehead atoms. The smallest absolute Gasteiger partial charge is 0.314 e. The van der Waals surface area contributed by atoms with Gasteiger partial charge in [0.15, 0.2) is 0 Å². The third-order valence-electron chi connectivity index (χ3n) is 3.76. The highest BCUT2D eigenvalue weighted by Crippen LogP contribution is 2.64. The molecule has 3 heteroatoms. The molecule has 1 aromatic rings. The molecule has 0 heterocycles. The molecule has 0 radical (unpaired) electrons. The van der Waals surface area contributed by atoms with Crippen LogP contribution in [0.2, 0.25) is 0 Å². The number of rotatable bonds is 4. The summed E-state index contributed by atoms with van der Waals surface area (Å²) >= 11 is 0. The molecular weight excluding hydrogens is 216 g/mol. The number of hydrogen-bond donors (Lipinski definition) is 1. The van der Waals surface area contributed by atoms with Crippen LogP contribution in [0.15, 0.2) is 24.3 Å². The minimum absolute atomic E-state index is 0.161. The Morgan fingerprint density at radius 2 is 1.88 bits per heavy atom. The van der Waals surface area contributed by atoms with Crippen molar-refractivity contribution in [3.05, 3.63) is 29.8 Å². The second-order valence-electron chi connectivity index (χ2n) is 5.23. The monoisotopic (exact) mass is 234 g/mol. The van der Waals surface area contributed by atoms with Gasteiger partial charge in [-0.3, -0.25) is 4.79 Å². The zero-order valence-corrected chi connectivity index (χ0v) is 10.5. The Balaban J connectivity index is 2.31. The molecule has 0 spiro atoms. The number of carbonyl (C=O) groups is 1. The van der Waals surface area contributed by atoms with Gasteiger partial charge < -0.3 is 9.84 Å². The van der Waals surface area contributed by atoms with Crippen molar-refractivity contribution in [1.82, 2.24) is 0 Å². The minimum atomic E-state index is -0.730. The van der Waals surface area contributed by atoms with Crippen molar-refractivity contribution in [2.45, 2.75) is 32.6 Å². The lowest BCUT2D eigenvalue weighted by molar-refractivity contribution is -0.141. The molecule has 1 atom stereocenters. The van der Waals surface area contributed by atoms with Crippen LogP contribution in [-0.2, 0) is 10.2 Å². The number of aliphatic carboxylic acids is 1. The second-order valence-corrected chi connectivity index (χ2v) is 5.23. The van der Waals surface area contributed by atoms with E-state index in [-0.39, 0.29) is 5.41 Å². The van der Waals surface area contributed by atoms with Gasteiger partial charge in [0.05, 0.1) is 12.0 Å². The van der Waals surface area contributed by atoms with Crippen LogP contribution in [0.1, 0.15) is 32.8 Å². The van der Waals surface area contributed by atoms with E-state index in [0.717, 1.165) is 11.3 Å². The van der Waals surface area contributed by atoms with Gasteiger partial charge in [-0.15, -0.1) is 0 Å². The Hall–Kier alpha value is -1.51. The molecule has 3 nitrogen and oxygen atoms in total. The maximum atomic E-state index is 11.5. The molecule has 17 heavy (non-hydrogen) atoms. The van der Waals surface area contributed by atoms with Crippen molar-refractivity contribution >= 4 is 5.97 Å². The van der Waals surface area contributed by atoms with E-state index in [2.05, 4.69) is 0 Å². The molecule has 1 N–H and O–H groups in total. The fourth-order valence-electron chi connectivity index (χ4n) is 2.60. The Morgan fingerprint density at radius 1 is 1.35 bits per heavy atom. The second kappa shape index (κ2) is 3.76. The average Bonchev–Trinajstić information content (AvgIpc) is 2.85. The Labute approximate surface area is 101 Å². The molecule has 0 saturated heterocycles. The van der Waals surface area contributed by atoms with Gasteiger partial charge in [-0.2, -0.15) is 0 Å². The van der Waals surface area contributed by atoms with E-state index < -0.39 is 11.4 Å². The number of carboxylic acid groups (broad SMARTS) is 1. The van der Waals surface area contributed by atoms with Crippen LogP contribution in [0.5, 0.6) is 5.75 Å². The molecular formula is C14H18O3. The Morgan fingerprint density at radius 3 is 2.24 bits per heavy atom. The third-order valence-corrected chi connectivity index (χ3v) is 3.76. The topological polar surface area (TPSA) is 46.5 Å². The summed E-state index contributed by atoms with van der Waals surface area (Å²) < 4.78 is 5.36. The molecule has 92 valence electrons. The fourth-order valence-corrected chi connectivity index (χ4v) is 2.60. The van der Waals surface area contributed by atoms with Crippen molar-refractivity contribution in [3.63, 3.8) is 0 Å². The average molecular weight is 234 g/mol. The molecule has 1 aliphatic carbocycles. The van der Waals surface area contributed by atoms with Crippen molar-refractivity contribution in [3.8, 4) is 5.75 Å². The van der Waals surface area contributed by atoms with Gasteiger partial charge in [0.2, 0.25) is 0 Å². The van der Waals surface area contributed by atoms with E-state index in [0.29, 0.717) is 13.0 Å². The highest BCUT2D eigenvalue weighted by atomic mass is 16.5. The van der Waals surface area contributed by atoms with Crippen molar-refractivity contribution < 1.29 is 14.6 Å². The van der Waals surface area contributed by atoms with Crippen LogP contribution in [0, 0.1) is 5.41 Å². The van der Waals surface area contributed by atoms with Crippen molar-refractivity contribution in [2.75, 3.05) is 6.61 Å². The predicted octanol–water partition coefficient (Wildman–Crippen LogP) is 2.84. The summed E-state index contributed by atoms with van der Waals surface area (Å²) in [5, 5.41) is 9.43. The van der Waals surface area contributed by atoms with Gasteiger partial charge in [-0.1, -0.05) is 26.0 Å². The van der Waals surface area contributed by atoms with Crippen LogP contribution in [0.4, 0.5) is 0 Å². The van der Waals surface area contributed by atoms with E-state index >= 15 is 0 Å². The van der Waals surface area contributed by atoms with Gasteiger partial charge >= 0.3 is 5.97 Å². The van der Waals surface area contributed by atoms with Crippen LogP contribution < -0.4 is 4.74 Å². The molecule has 1 fully saturated rings. The predicted molar refractivity (Wildman–Crippen MR) is 65.3 cm³/mol. The number of hydrogen-bond acceptors (Lipinski definition) is 2. The first-order chi connectivity index (χ1) is 7.94. The summed E-state index contributed by atoms with van der Waals surface area (Å²) in [7, 11) is 0. The first-order valence-electron chi connectivity index (χ1n) is 5.91. The Bertz CT molecular complexity index is 433. The summed E-state index contributed by atoms with van der Waals surface area (Å²) in [5.41, 5.74) is 0.00225. The molecule has 2 rings (SSSR count). The molecule has 1 aromatic carbocycles. The molecule has 1 aliphatic rings. The van der Waals surface area contributed by atoms with Crippen LogP contribution in [0.3, 0.4) is 0 Å². The van der Waals surface area contributed by atoms with E-state index in [1.54, 1.807) is 0 Å². The minimum Gasteiger partial charge on any atom is -0.494 e. The number of carboxylic acids is 1. The van der Waals surface area contributed by atoms with Crippen LogP contribution >= 0.6 is 0 Å². The highest BCUT2D eigenvalue weighted by molar-refractivity contribution is 5.87. The molecule has 0 aromatic heterocycles. The zero-order chi connectivity index (χ0) is 12.7. The molecule has 1 saturated carbocycles. The molecule has 0 amide bonds. The van der Waals surface area contributed by atoms with Crippen molar-refractivity contribution in [2.24, 2.45) is 5.41 Å². The quantitative estimate of drug-likeness (QED) is 0.871. The number of ether oxygens (including phenoxy) is 1. The summed E-state index contributed by atoms with van der Waals surface area (Å²) in [5.74, 6) is 0.0573. The summed E-state index contributed by atoms with van der Waals surface area (Å²) in [6, 6.07) is 7.43. The third kappa shape index (κ3) is 1.70. The lowest BCUT2D eigenvalue weighted by atomic mass is 9.88. The first-order valence-corrected chi connectivity index (χ1v) is 5.91. The van der Waals surface area contributed by atoms with E-state index in [1.165, 1.54) is 0 Å². The number of benzene rings is 1. The fraction of sp³-hybridized carbons (Fsp3) is 0.500. The maximum Gasteiger partial charge on any atom is 0.314 e. The SMILES string of the molecule is CCOc1ccc(C2(C(=O)O)CC2(C)C)cc1. The lowest BCUT2D eigenvalue weighted by Crippen LogP contribution is -2.25. The van der Waals surface area contributed by atoms with Gasteiger partial charge in [0.1, 0.15) is 5.75 Å². The molecule has 0 aliphatic heterocycles. The summed E-state index contributed by atoms with van der Waals surface area (Å²) in [4.78, 5) is 11.5. The first kappa shape index (κ1) is 12.0. The van der Waals surface area contributed by atoms with Gasteiger partial charge in [-0.25, -0.2) is 0 Å². The largest absolute Gasteiger partial charge is 0.494 e. The van der Waals surface area contributed by atoms with Crippen LogP contribution in [0.25, 0.3) is 0 Å². The van der Waals surface area contributed by atoms with Gasteiger partial charge in [-0.05, 0) is 36.5 Å². The summed E-state index contributed by atoms with van der Waals surface area (Å²) in [6.45, 7) is 6.54. The lowest BCUT2D eigenvalue weighted by Gasteiger charge is -2.16. The standard InChI is InChI=1S/C14H18O3/c1-4-17-11-7-5-10(6-8-11)14(12(15)16)9-13(14,2)3/h5-8H,4,9H2,1-3H3,(H,15,16). The van der Waals surface area contributed by atoms with E-state index in [9.17, 15) is 9.90 Å². The van der Waals surface area contributed by atoms with E-state index in [1.807, 2.05) is 45.0 Å². The van der Waals surface area contributed by atoms with E-state index in [4.69, 9.17) is 4.74 Å². The highest BCUT2D eigenvalue weighted by Gasteiger charge is 2.67. The normalized spacial score (nSPS) is 25.4. The summed E-state index contributed by atoms with van der Waals surface area (Å²) in [6.07, 6.45) is 0.698. The van der Waals surface area contributed by atoms with Crippen LogP contribution in [-0.4, -0.2) is 17.7 Å². The van der Waals surface area contributed by atoms with Crippen molar-refractivity contribution in [1.29, 1.82) is 0 Å². The van der Waals surface area contributed by atoms with Gasteiger partial charge in [0.25, 0.3) is 0 Å². The van der Waals surface area contributed by atoms with Gasteiger partial charge in [0, 0.05) is 0 Å². The zero-order valence-electron chi connectivity index (χ0n) is 10.5.